The largest absolute Gasteiger partial charge is 0.508 e. The molecule has 15 nitrogen and oxygen atoms in total. The summed E-state index contributed by atoms with van der Waals surface area (Å²) in [6, 6.07) is 18.4. The van der Waals surface area contributed by atoms with E-state index in [0.717, 1.165) is 78.4 Å². The highest BCUT2D eigenvalue weighted by Gasteiger charge is 2.41. The summed E-state index contributed by atoms with van der Waals surface area (Å²) in [5.41, 5.74) is 9.64. The first-order valence-electron chi connectivity index (χ1n) is 21.5. The number of phenolic OH excluding ortho intramolecular Hbond substituents is 2. The molecule has 17 heteroatoms. The van der Waals surface area contributed by atoms with E-state index < -0.39 is 11.9 Å². The van der Waals surface area contributed by atoms with Gasteiger partial charge in [-0.15, -0.1) is 16.4 Å². The predicted molar refractivity (Wildman–Crippen MR) is 248 cm³/mol. The number of hydrazone groups is 1. The Bertz CT molecular complexity index is 2700. The number of piperidine rings is 1. The van der Waals surface area contributed by atoms with Gasteiger partial charge >= 0.3 is 5.69 Å². The van der Waals surface area contributed by atoms with Gasteiger partial charge in [-0.25, -0.2) is 24.9 Å². The van der Waals surface area contributed by atoms with Gasteiger partial charge in [0, 0.05) is 59.2 Å². The smallest absolute Gasteiger partial charge is 0.348 e. The second-order valence-corrected chi connectivity index (χ2v) is 19.0. The second kappa shape index (κ2) is 17.1. The Hall–Kier alpha value is -5.81. The lowest BCUT2D eigenvalue weighted by Crippen LogP contribution is -2.57. The van der Waals surface area contributed by atoms with Crippen molar-refractivity contribution in [3.8, 4) is 28.6 Å². The number of aryl methyl sites for hydroxylation is 1. The molecule has 3 aromatic carbocycles. The first kappa shape index (κ1) is 42.5. The number of carbonyl (C=O) groups excluding carboxylic acids is 1. The van der Waals surface area contributed by atoms with Crippen molar-refractivity contribution < 1.29 is 15.0 Å². The Labute approximate surface area is 374 Å². The lowest BCUT2D eigenvalue weighted by molar-refractivity contribution is -0.136. The number of phenols is 2. The SMILES string of the molecule is CC1=NN(NCC2CCN(C(=O)C3CCN(Cc4ccc(-n5c(-c6cc(C(C)C)c(O)cc6O)n[nH]c5=O)cc4)CC3)C2)[C@@H]2N=C(c3ccc(Cl)cc3)c3c(sc(C)c3C)N1C2=N. The van der Waals surface area contributed by atoms with Gasteiger partial charge in [-0.1, -0.05) is 49.7 Å². The van der Waals surface area contributed by atoms with Gasteiger partial charge < -0.3 is 15.1 Å². The van der Waals surface area contributed by atoms with Gasteiger partial charge in [0.25, 0.3) is 0 Å². The zero-order valence-electron chi connectivity index (χ0n) is 36.0. The Morgan fingerprint density at radius 1 is 1.00 bits per heavy atom. The van der Waals surface area contributed by atoms with Gasteiger partial charge in [0.05, 0.1) is 17.0 Å². The Morgan fingerprint density at radius 3 is 2.44 bits per heavy atom. The number of benzene rings is 3. The average Bonchev–Trinajstić information content (AvgIpc) is 3.96. The molecule has 0 aliphatic carbocycles. The molecule has 63 heavy (non-hydrogen) atoms. The molecule has 5 N–H and O–H groups in total. The number of halogens is 1. The lowest BCUT2D eigenvalue weighted by atomic mass is 9.95. The summed E-state index contributed by atoms with van der Waals surface area (Å²) in [5, 5.41) is 45.3. The Kier molecular flexibility index (Phi) is 11.5. The molecular weight excluding hydrogens is 838 g/mol. The van der Waals surface area contributed by atoms with Crippen LogP contribution < -0.4 is 16.0 Å². The highest BCUT2D eigenvalue weighted by atomic mass is 35.5. The summed E-state index contributed by atoms with van der Waals surface area (Å²) >= 11 is 7.93. The van der Waals surface area contributed by atoms with Crippen molar-refractivity contribution in [3.05, 3.63) is 109 Å². The summed E-state index contributed by atoms with van der Waals surface area (Å²) in [7, 11) is 0. The topological polar surface area (TPSA) is 182 Å². The standard InChI is InChI=1S/C46H52ClN11O4S/c1-25(2)35-20-36(38(60)21-37(35)59)42-51-52-46(62)57(42)34-12-6-29(7-13-34)23-54-17-15-32(16-18-54)44(61)55-19-14-30(24-55)22-49-58-43-41(48)56(28(5)53-58)45-39(26(3)27(4)63-45)40(50-43)31-8-10-33(47)11-9-31/h6-13,20-21,25,30,32,43,48-49,59-60H,14-19,22-24H2,1-5H3,(H,52,62)/t30?,43-/m0/s1. The number of anilines is 1. The van der Waals surface area contributed by atoms with Crippen LogP contribution in [0.4, 0.5) is 5.00 Å². The number of hydrogen-bond donors (Lipinski definition) is 5. The highest BCUT2D eigenvalue weighted by Crippen LogP contribution is 2.42. The molecule has 328 valence electrons. The van der Waals surface area contributed by atoms with Crippen molar-refractivity contribution in [2.45, 2.75) is 72.5 Å². The van der Waals surface area contributed by atoms with Crippen LogP contribution in [0.2, 0.25) is 5.02 Å². The van der Waals surface area contributed by atoms with Crippen molar-refractivity contribution >= 4 is 51.2 Å². The van der Waals surface area contributed by atoms with E-state index in [1.165, 1.54) is 15.5 Å². The number of hydrazine groups is 1. The van der Waals surface area contributed by atoms with E-state index in [-0.39, 0.29) is 41.0 Å². The maximum absolute atomic E-state index is 13.8. The quantitative estimate of drug-likeness (QED) is 0.0990. The fourth-order valence-electron chi connectivity index (χ4n) is 9.19. The molecule has 9 rings (SSSR count). The minimum atomic E-state index is -0.681. The summed E-state index contributed by atoms with van der Waals surface area (Å²) in [6.07, 6.45) is 1.78. The molecule has 0 spiro atoms. The van der Waals surface area contributed by atoms with Gasteiger partial charge in [-0.3, -0.25) is 20.0 Å². The van der Waals surface area contributed by atoms with Crippen LogP contribution in [-0.2, 0) is 11.3 Å². The molecule has 1 unspecified atom stereocenters. The normalized spacial score (nSPS) is 19.4. The number of amides is 1. The number of rotatable bonds is 10. The third kappa shape index (κ3) is 8.05. The number of thiophene rings is 1. The number of fused-ring (bicyclic) bond motifs is 4. The number of aromatic nitrogens is 3. The van der Waals surface area contributed by atoms with Crippen molar-refractivity contribution in [3.63, 3.8) is 0 Å². The van der Waals surface area contributed by atoms with E-state index in [1.54, 1.807) is 22.5 Å². The molecule has 5 aromatic rings. The van der Waals surface area contributed by atoms with E-state index in [2.05, 4.69) is 34.4 Å². The molecule has 2 saturated heterocycles. The van der Waals surface area contributed by atoms with Crippen molar-refractivity contribution in [1.82, 2.24) is 35.1 Å². The third-order valence-electron chi connectivity index (χ3n) is 12.8. The summed E-state index contributed by atoms with van der Waals surface area (Å²) in [4.78, 5) is 39.5. The van der Waals surface area contributed by atoms with Crippen LogP contribution in [0.25, 0.3) is 17.1 Å². The molecule has 4 aliphatic heterocycles. The highest BCUT2D eigenvalue weighted by molar-refractivity contribution is 7.17. The fraction of sp³-hybridized carbons (Fsp3) is 0.391. The van der Waals surface area contributed by atoms with Crippen LogP contribution in [0.15, 0.2) is 75.6 Å². The zero-order valence-corrected chi connectivity index (χ0v) is 37.6. The lowest BCUT2D eigenvalue weighted by Gasteiger charge is -2.37. The van der Waals surface area contributed by atoms with Crippen LogP contribution >= 0.6 is 22.9 Å². The van der Waals surface area contributed by atoms with E-state index in [9.17, 15) is 25.2 Å². The van der Waals surface area contributed by atoms with E-state index in [4.69, 9.17) is 21.7 Å². The molecule has 2 bridgehead atoms. The predicted octanol–water partition coefficient (Wildman–Crippen LogP) is 6.97. The van der Waals surface area contributed by atoms with E-state index >= 15 is 0 Å². The first-order valence-corrected chi connectivity index (χ1v) is 22.7. The number of nitrogens with one attached hydrogen (secondary N) is 3. The molecule has 4 aliphatic rings. The summed E-state index contributed by atoms with van der Waals surface area (Å²) in [5.74, 6) is 1.54. The number of aromatic hydroxyl groups is 2. The van der Waals surface area contributed by atoms with Crippen LogP contribution in [0.5, 0.6) is 11.5 Å². The first-order chi connectivity index (χ1) is 30.2. The van der Waals surface area contributed by atoms with Gasteiger partial charge in [0.1, 0.15) is 22.3 Å². The monoisotopic (exact) mass is 889 g/mol. The van der Waals surface area contributed by atoms with Crippen molar-refractivity contribution in [1.29, 1.82) is 5.41 Å². The number of H-pyrrole nitrogens is 1. The second-order valence-electron chi connectivity index (χ2n) is 17.3. The molecule has 2 atom stereocenters. The molecule has 0 saturated carbocycles. The maximum Gasteiger partial charge on any atom is 0.348 e. The van der Waals surface area contributed by atoms with Crippen LogP contribution in [0, 0.1) is 31.1 Å². The Balaban J connectivity index is 0.799. The molecule has 2 aromatic heterocycles. The summed E-state index contributed by atoms with van der Waals surface area (Å²) < 4.78 is 1.42. The van der Waals surface area contributed by atoms with Crippen LogP contribution in [0.1, 0.15) is 78.6 Å². The average molecular weight is 891 g/mol. The minimum absolute atomic E-state index is 0.00257. The van der Waals surface area contributed by atoms with Crippen LogP contribution in [0.3, 0.4) is 0 Å². The number of likely N-dealkylation sites (tertiary alicyclic amines) is 2. The van der Waals surface area contributed by atoms with Crippen molar-refractivity contribution in [2.75, 3.05) is 37.6 Å². The molecular formula is C46H52ClN11O4S. The van der Waals surface area contributed by atoms with E-state index in [0.29, 0.717) is 46.6 Å². The molecule has 0 radical (unpaired) electrons. The number of hydrogen-bond acceptors (Lipinski definition) is 12. The van der Waals surface area contributed by atoms with Gasteiger partial charge in [-0.2, -0.15) is 10.2 Å². The number of aromatic amines is 1. The van der Waals surface area contributed by atoms with Gasteiger partial charge in [-0.05, 0) is 112 Å². The van der Waals surface area contributed by atoms with Gasteiger partial charge in [0.2, 0.25) is 12.1 Å². The number of nitrogens with zero attached hydrogens (tertiary/aromatic N) is 8. The third-order valence-corrected chi connectivity index (χ3v) is 14.3. The number of amidine groups is 2. The molecule has 2 fully saturated rings. The summed E-state index contributed by atoms with van der Waals surface area (Å²) in [6.45, 7) is 14.3. The number of aliphatic imine (C=N–C) groups is 1. The maximum atomic E-state index is 13.8. The van der Waals surface area contributed by atoms with Crippen molar-refractivity contribution in [2.24, 2.45) is 21.9 Å². The minimum Gasteiger partial charge on any atom is -0.508 e. The molecule has 1 amide bonds. The van der Waals surface area contributed by atoms with Crippen LogP contribution in [-0.4, -0.2) is 102 Å². The zero-order chi connectivity index (χ0) is 44.3. The Morgan fingerprint density at radius 2 is 1.73 bits per heavy atom. The number of carbonyl (C=O) groups is 1. The van der Waals surface area contributed by atoms with Gasteiger partial charge in [0.15, 0.2) is 11.7 Å². The molecule has 6 heterocycles. The fourth-order valence-corrected chi connectivity index (χ4v) is 10.5. The van der Waals surface area contributed by atoms with E-state index in [1.807, 2.05) is 79.1 Å².